The smallest absolute Gasteiger partial charge is 0.319 e. The van der Waals surface area contributed by atoms with Gasteiger partial charge in [0.2, 0.25) is 0 Å². The lowest BCUT2D eigenvalue weighted by atomic mass is 9.97. The van der Waals surface area contributed by atoms with E-state index in [1.807, 2.05) is 115 Å². The number of para-hydroxylation sites is 1. The summed E-state index contributed by atoms with van der Waals surface area (Å²) in [5.41, 5.74) is 6.27. The first-order valence-electron chi connectivity index (χ1n) is 16.8. The van der Waals surface area contributed by atoms with E-state index in [-0.39, 0.29) is 30.0 Å². The summed E-state index contributed by atoms with van der Waals surface area (Å²) in [5, 5.41) is 16.0. The molecule has 1 fully saturated rings. The molecule has 3 N–H and O–H groups in total. The van der Waals surface area contributed by atoms with Gasteiger partial charge in [-0.05, 0) is 64.2 Å². The molecule has 0 saturated carbocycles. The minimum atomic E-state index is -0.646. The van der Waals surface area contributed by atoms with Crippen molar-refractivity contribution >= 4 is 34.9 Å². The third kappa shape index (κ3) is 8.65. The maximum Gasteiger partial charge on any atom is 0.319 e. The van der Waals surface area contributed by atoms with Crippen molar-refractivity contribution in [2.75, 3.05) is 5.32 Å². The highest BCUT2D eigenvalue weighted by atomic mass is 35.5. The maximum atomic E-state index is 12.8. The Morgan fingerprint density at radius 3 is 2.23 bits per heavy atom. The molecule has 2 amide bonds. The molecule has 3 unspecified atom stereocenters. The number of hydrogen-bond donors (Lipinski definition) is 3. The topological polar surface area (TPSA) is 107 Å². The first-order chi connectivity index (χ1) is 25.4. The van der Waals surface area contributed by atoms with Crippen LogP contribution in [-0.4, -0.2) is 26.8 Å². The van der Waals surface area contributed by atoms with Gasteiger partial charge in [0.05, 0.1) is 31.7 Å². The minimum absolute atomic E-state index is 0.0285. The number of nitrogens with zero attached hydrogens (tertiary/aromatic N) is 2. The number of imidazole rings is 1. The van der Waals surface area contributed by atoms with E-state index in [0.29, 0.717) is 36.1 Å². The first kappa shape index (κ1) is 35.3. The van der Waals surface area contributed by atoms with E-state index in [9.17, 15) is 9.90 Å². The lowest BCUT2D eigenvalue weighted by Gasteiger charge is -2.36. The Hall–Kier alpha value is -5.16. The van der Waals surface area contributed by atoms with Gasteiger partial charge >= 0.3 is 6.03 Å². The monoisotopic (exact) mass is 734 g/mol. The Bertz CT molecular complexity index is 2090. The summed E-state index contributed by atoms with van der Waals surface area (Å²) in [6.45, 7) is 0.746. The van der Waals surface area contributed by atoms with Gasteiger partial charge in [-0.25, -0.2) is 9.78 Å². The van der Waals surface area contributed by atoms with Crippen LogP contribution in [-0.2, 0) is 29.2 Å². The second-order valence-corrected chi connectivity index (χ2v) is 13.1. The number of rotatable bonds is 11. The number of carbonyl (C=O) groups excluding carboxylic acids is 1. The number of carbonyl (C=O) groups is 1. The van der Waals surface area contributed by atoms with E-state index in [1.54, 1.807) is 23.0 Å². The molecular weight excluding hydrogens is 699 g/mol. The van der Waals surface area contributed by atoms with Crippen molar-refractivity contribution in [3.05, 3.63) is 166 Å². The molecule has 11 heteroatoms. The van der Waals surface area contributed by atoms with Crippen molar-refractivity contribution < 1.29 is 24.1 Å². The zero-order valence-corrected chi connectivity index (χ0v) is 29.5. The zero-order valence-electron chi connectivity index (χ0n) is 28.0. The molecule has 7 rings (SSSR count). The largest absolute Gasteiger partial charge is 0.457 e. The minimum Gasteiger partial charge on any atom is -0.457 e. The molecule has 1 saturated heterocycles. The Balaban J connectivity index is 1.01. The number of benzene rings is 5. The summed E-state index contributed by atoms with van der Waals surface area (Å²) in [6, 6.07) is 40.2. The Kier molecular flexibility index (Phi) is 11.2. The number of anilines is 1. The Morgan fingerprint density at radius 2 is 1.52 bits per heavy atom. The van der Waals surface area contributed by atoms with Crippen LogP contribution in [0.3, 0.4) is 0 Å². The molecule has 52 heavy (non-hydrogen) atoms. The predicted octanol–water partition coefficient (Wildman–Crippen LogP) is 9.71. The zero-order chi connectivity index (χ0) is 35.9. The standard InChI is InChI=1S/C41H36Cl2N4O5/c42-38-39(43)47(26-45-38)24-35-22-37(29-12-10-27(25-48)11-13-29)52-40(51-35)30-16-14-28(15-17-30)36-9-5-4-6-31(36)23-44-41(49)46-32-18-20-34(21-19-32)50-33-7-2-1-3-8-33/h1-21,26,35,37,40,48H,22-25H2,(H2,44,46,49). The number of hydrogen-bond acceptors (Lipinski definition) is 6. The van der Waals surface area contributed by atoms with Gasteiger partial charge in [0.1, 0.15) is 16.7 Å². The second-order valence-electron chi connectivity index (χ2n) is 12.4. The van der Waals surface area contributed by atoms with Crippen molar-refractivity contribution in [2.45, 2.75) is 44.6 Å². The number of urea groups is 1. The molecule has 0 radical (unpaired) electrons. The number of ether oxygens (including phenoxy) is 3. The molecule has 2 heterocycles. The van der Waals surface area contributed by atoms with Crippen LogP contribution >= 0.6 is 23.2 Å². The number of aliphatic hydroxyl groups is 1. The molecule has 1 aliphatic rings. The molecule has 6 aromatic rings. The average Bonchev–Trinajstić information content (AvgIpc) is 3.50. The fraction of sp³-hybridized carbons (Fsp3) is 0.171. The van der Waals surface area contributed by atoms with Crippen molar-refractivity contribution in [1.82, 2.24) is 14.9 Å². The lowest BCUT2D eigenvalue weighted by molar-refractivity contribution is -0.252. The Labute approximate surface area is 311 Å². The molecule has 1 aliphatic heterocycles. The van der Waals surface area contributed by atoms with Gasteiger partial charge in [0.25, 0.3) is 0 Å². The van der Waals surface area contributed by atoms with Crippen molar-refractivity contribution in [3.8, 4) is 22.6 Å². The normalized spacial score (nSPS) is 17.0. The van der Waals surface area contributed by atoms with Crippen LogP contribution in [0.2, 0.25) is 10.3 Å². The molecule has 264 valence electrons. The summed E-state index contributed by atoms with van der Waals surface area (Å²) in [6.07, 6.45) is 1.04. The van der Waals surface area contributed by atoms with E-state index in [0.717, 1.165) is 39.1 Å². The van der Waals surface area contributed by atoms with Crippen LogP contribution in [0, 0.1) is 0 Å². The third-order valence-electron chi connectivity index (χ3n) is 8.79. The van der Waals surface area contributed by atoms with Crippen LogP contribution in [0.5, 0.6) is 11.5 Å². The highest BCUT2D eigenvalue weighted by Gasteiger charge is 2.33. The quantitative estimate of drug-likeness (QED) is 0.122. The van der Waals surface area contributed by atoms with Crippen LogP contribution in [0.25, 0.3) is 11.1 Å². The summed E-state index contributed by atoms with van der Waals surface area (Å²) in [5.74, 6) is 1.42. The first-order valence-corrected chi connectivity index (χ1v) is 17.6. The molecule has 1 aromatic heterocycles. The van der Waals surface area contributed by atoms with Crippen molar-refractivity contribution in [2.24, 2.45) is 0 Å². The molecule has 9 nitrogen and oxygen atoms in total. The summed E-state index contributed by atoms with van der Waals surface area (Å²) < 4.78 is 20.6. The van der Waals surface area contributed by atoms with Gasteiger partial charge in [0.15, 0.2) is 11.4 Å². The van der Waals surface area contributed by atoms with E-state index in [1.165, 1.54) is 0 Å². The van der Waals surface area contributed by atoms with Crippen molar-refractivity contribution in [1.29, 1.82) is 0 Å². The van der Waals surface area contributed by atoms with Gasteiger partial charge < -0.3 is 34.5 Å². The van der Waals surface area contributed by atoms with Crippen LogP contribution < -0.4 is 15.4 Å². The van der Waals surface area contributed by atoms with Crippen LogP contribution in [0.4, 0.5) is 10.5 Å². The van der Waals surface area contributed by atoms with E-state index < -0.39 is 6.29 Å². The molecule has 3 atom stereocenters. The number of halogens is 2. The molecular formula is C41H36Cl2N4O5. The number of nitrogens with one attached hydrogen (secondary N) is 2. The molecule has 0 bridgehead atoms. The third-order valence-corrected chi connectivity index (χ3v) is 9.56. The molecule has 0 spiro atoms. The van der Waals surface area contributed by atoms with E-state index in [4.69, 9.17) is 37.4 Å². The summed E-state index contributed by atoms with van der Waals surface area (Å²) in [7, 11) is 0. The van der Waals surface area contributed by atoms with Crippen LogP contribution in [0.15, 0.2) is 134 Å². The Morgan fingerprint density at radius 1 is 0.827 bits per heavy atom. The van der Waals surface area contributed by atoms with Gasteiger partial charge in [-0.15, -0.1) is 0 Å². The maximum absolute atomic E-state index is 12.8. The highest BCUT2D eigenvalue weighted by molar-refractivity contribution is 6.40. The van der Waals surface area contributed by atoms with E-state index in [2.05, 4.69) is 15.6 Å². The molecule has 0 aliphatic carbocycles. The van der Waals surface area contributed by atoms with Gasteiger partial charge in [0, 0.05) is 24.2 Å². The van der Waals surface area contributed by atoms with Gasteiger partial charge in [-0.1, -0.05) is 114 Å². The average molecular weight is 736 g/mol. The lowest BCUT2D eigenvalue weighted by Crippen LogP contribution is -2.32. The second kappa shape index (κ2) is 16.5. The summed E-state index contributed by atoms with van der Waals surface area (Å²) >= 11 is 12.5. The van der Waals surface area contributed by atoms with E-state index >= 15 is 0 Å². The SMILES string of the molecule is O=C(NCc1ccccc1-c1ccc(C2OC(Cn3cnc(Cl)c3Cl)CC(c3ccc(CO)cc3)O2)cc1)Nc1ccc(Oc2ccccc2)cc1. The molecule has 5 aromatic carbocycles. The summed E-state index contributed by atoms with van der Waals surface area (Å²) in [4.78, 5) is 17.0. The number of aliphatic hydroxyl groups excluding tert-OH is 1. The van der Waals surface area contributed by atoms with Gasteiger partial charge in [-0.2, -0.15) is 0 Å². The van der Waals surface area contributed by atoms with Crippen LogP contribution in [0.1, 0.15) is 41.1 Å². The fourth-order valence-electron chi connectivity index (χ4n) is 6.08. The fourth-order valence-corrected chi connectivity index (χ4v) is 6.39. The number of aromatic nitrogens is 2. The predicted molar refractivity (Wildman–Crippen MR) is 201 cm³/mol. The van der Waals surface area contributed by atoms with Crippen molar-refractivity contribution in [3.63, 3.8) is 0 Å². The number of amides is 2. The van der Waals surface area contributed by atoms with Gasteiger partial charge in [-0.3, -0.25) is 0 Å². The highest BCUT2D eigenvalue weighted by Crippen LogP contribution is 2.39.